The van der Waals surface area contributed by atoms with Crippen LogP contribution in [0, 0.1) is 0 Å². The van der Waals surface area contributed by atoms with E-state index >= 15 is 0 Å². The number of nitrogens with zero attached hydrogens (tertiary/aromatic N) is 1. The highest BCUT2D eigenvalue weighted by Gasteiger charge is 2.16. The van der Waals surface area contributed by atoms with Crippen LogP contribution in [0.1, 0.15) is 19.4 Å². The normalized spacial score (nSPS) is 12.3. The van der Waals surface area contributed by atoms with Crippen LogP contribution < -0.4 is 19.6 Å². The maximum Gasteiger partial charge on any atom is 0.280 e. The van der Waals surface area contributed by atoms with E-state index in [1.807, 2.05) is 6.07 Å². The van der Waals surface area contributed by atoms with Gasteiger partial charge in [-0.1, -0.05) is 23.2 Å². The first kappa shape index (κ1) is 20.9. The van der Waals surface area contributed by atoms with Gasteiger partial charge in [-0.05, 0) is 50.2 Å². The van der Waals surface area contributed by atoms with Crippen molar-refractivity contribution in [3.8, 4) is 17.2 Å². The number of hydrazone groups is 1. The summed E-state index contributed by atoms with van der Waals surface area (Å²) in [6, 6.07) is 10.1. The van der Waals surface area contributed by atoms with Crippen LogP contribution in [0.5, 0.6) is 17.2 Å². The molecule has 2 rings (SSSR count). The number of amides is 1. The Kier molecular flexibility index (Phi) is 7.33. The first-order valence-corrected chi connectivity index (χ1v) is 8.79. The van der Waals surface area contributed by atoms with Gasteiger partial charge in [0.25, 0.3) is 5.91 Å². The average Bonchev–Trinajstić information content (AvgIpc) is 2.67. The van der Waals surface area contributed by atoms with Crippen molar-refractivity contribution in [1.82, 2.24) is 5.43 Å². The summed E-state index contributed by atoms with van der Waals surface area (Å²) in [4.78, 5) is 12.2. The van der Waals surface area contributed by atoms with Gasteiger partial charge < -0.3 is 14.2 Å². The van der Waals surface area contributed by atoms with Crippen LogP contribution >= 0.6 is 23.2 Å². The molecule has 0 fully saturated rings. The highest BCUT2D eigenvalue weighted by Crippen LogP contribution is 2.29. The van der Waals surface area contributed by atoms with Gasteiger partial charge in [-0.2, -0.15) is 5.10 Å². The Hall–Kier alpha value is -2.44. The lowest BCUT2D eigenvalue weighted by molar-refractivity contribution is -0.127. The lowest BCUT2D eigenvalue weighted by Gasteiger charge is -2.14. The van der Waals surface area contributed by atoms with Crippen LogP contribution in [0.2, 0.25) is 10.0 Å². The summed E-state index contributed by atoms with van der Waals surface area (Å²) in [7, 11) is 3.11. The summed E-state index contributed by atoms with van der Waals surface area (Å²) >= 11 is 11.9. The molecule has 0 bridgehead atoms. The van der Waals surface area contributed by atoms with Crippen LogP contribution in [0.25, 0.3) is 0 Å². The summed E-state index contributed by atoms with van der Waals surface area (Å²) in [5, 5.41) is 4.92. The van der Waals surface area contributed by atoms with Crippen LogP contribution in [0.3, 0.4) is 0 Å². The minimum absolute atomic E-state index is 0.326. The van der Waals surface area contributed by atoms with E-state index in [2.05, 4.69) is 10.5 Å². The smallest absolute Gasteiger partial charge is 0.280 e. The molecule has 144 valence electrons. The minimum Gasteiger partial charge on any atom is -0.493 e. The van der Waals surface area contributed by atoms with Crippen molar-refractivity contribution in [3.63, 3.8) is 0 Å². The molecule has 0 unspecified atom stereocenters. The molecule has 1 atom stereocenters. The monoisotopic (exact) mass is 410 g/mol. The quantitative estimate of drug-likeness (QED) is 0.544. The molecule has 0 saturated carbocycles. The predicted molar refractivity (Wildman–Crippen MR) is 106 cm³/mol. The Morgan fingerprint density at radius 2 is 1.70 bits per heavy atom. The third-order valence-electron chi connectivity index (χ3n) is 3.70. The van der Waals surface area contributed by atoms with E-state index in [4.69, 9.17) is 37.4 Å². The molecule has 1 amide bonds. The van der Waals surface area contributed by atoms with Gasteiger partial charge in [0.15, 0.2) is 17.6 Å². The Bertz CT molecular complexity index is 856. The van der Waals surface area contributed by atoms with E-state index in [9.17, 15) is 4.79 Å². The summed E-state index contributed by atoms with van der Waals surface area (Å²) < 4.78 is 16.0. The average molecular weight is 411 g/mol. The van der Waals surface area contributed by atoms with E-state index in [0.717, 1.165) is 5.56 Å². The number of nitrogens with one attached hydrogen (secondary N) is 1. The molecule has 2 aromatic rings. The maximum atomic E-state index is 12.2. The van der Waals surface area contributed by atoms with Crippen molar-refractivity contribution in [2.24, 2.45) is 5.10 Å². The van der Waals surface area contributed by atoms with E-state index in [-0.39, 0.29) is 0 Å². The van der Waals surface area contributed by atoms with Crippen LogP contribution in [0.15, 0.2) is 41.5 Å². The second-order valence-electron chi connectivity index (χ2n) is 5.58. The fraction of sp³-hybridized carbons (Fsp3) is 0.263. The summed E-state index contributed by atoms with van der Waals surface area (Å²) in [6.45, 7) is 3.37. The number of carbonyl (C=O) groups is 1. The molecule has 6 nitrogen and oxygen atoms in total. The number of benzene rings is 2. The third kappa shape index (κ3) is 5.52. The van der Waals surface area contributed by atoms with Gasteiger partial charge >= 0.3 is 0 Å². The van der Waals surface area contributed by atoms with Crippen molar-refractivity contribution >= 4 is 34.8 Å². The van der Waals surface area contributed by atoms with Gasteiger partial charge in [0, 0.05) is 10.6 Å². The topological polar surface area (TPSA) is 69.2 Å². The number of hydrogen-bond donors (Lipinski definition) is 1. The molecule has 27 heavy (non-hydrogen) atoms. The molecule has 1 N–H and O–H groups in total. The van der Waals surface area contributed by atoms with Gasteiger partial charge in [-0.15, -0.1) is 0 Å². The Morgan fingerprint density at radius 3 is 2.33 bits per heavy atom. The first-order chi connectivity index (χ1) is 12.8. The van der Waals surface area contributed by atoms with E-state index in [1.54, 1.807) is 58.4 Å². The summed E-state index contributed by atoms with van der Waals surface area (Å²) in [6.07, 6.45) is -0.800. The zero-order valence-corrected chi connectivity index (χ0v) is 16.9. The van der Waals surface area contributed by atoms with E-state index in [1.165, 1.54) is 0 Å². The molecule has 2 aromatic carbocycles. The highest BCUT2D eigenvalue weighted by atomic mass is 35.5. The molecule has 0 aromatic heterocycles. The summed E-state index contributed by atoms with van der Waals surface area (Å²) in [5.74, 6) is 1.13. The zero-order chi connectivity index (χ0) is 20.0. The Morgan fingerprint density at radius 1 is 1.04 bits per heavy atom. The number of hydrogen-bond acceptors (Lipinski definition) is 5. The molecule has 0 aliphatic heterocycles. The maximum absolute atomic E-state index is 12.2. The lowest BCUT2D eigenvalue weighted by Crippen LogP contribution is -2.34. The lowest BCUT2D eigenvalue weighted by atomic mass is 10.1. The highest BCUT2D eigenvalue weighted by molar-refractivity contribution is 6.35. The largest absolute Gasteiger partial charge is 0.493 e. The second-order valence-corrected chi connectivity index (χ2v) is 6.42. The number of methoxy groups -OCH3 is 2. The van der Waals surface area contributed by atoms with Crippen LogP contribution in [0.4, 0.5) is 0 Å². The SMILES string of the molecule is COc1ccc(/C(C)=N/NC(=O)[C@H](C)Oc2ccc(Cl)cc2Cl)cc1OC. The van der Waals surface area contributed by atoms with Crippen molar-refractivity contribution in [2.45, 2.75) is 20.0 Å². The standard InChI is InChI=1S/C19H20Cl2N2O4/c1-11(13-5-7-17(25-3)18(9-13)26-4)22-23-19(24)12(2)27-16-8-6-14(20)10-15(16)21/h5-10,12H,1-4H3,(H,23,24)/b22-11+/t12-/m0/s1. The van der Waals surface area contributed by atoms with E-state index in [0.29, 0.717) is 33.0 Å². The Labute approximate surface area is 168 Å². The molecular formula is C19H20Cl2N2O4. The van der Waals surface area contributed by atoms with Gasteiger partial charge in [0.2, 0.25) is 0 Å². The van der Waals surface area contributed by atoms with Gasteiger partial charge in [-0.3, -0.25) is 4.79 Å². The minimum atomic E-state index is -0.800. The van der Waals surface area contributed by atoms with Crippen LogP contribution in [-0.4, -0.2) is 31.9 Å². The van der Waals surface area contributed by atoms with Gasteiger partial charge in [-0.25, -0.2) is 5.43 Å². The van der Waals surface area contributed by atoms with Gasteiger partial charge in [0.1, 0.15) is 5.75 Å². The molecule has 8 heteroatoms. The molecule has 0 aliphatic carbocycles. The fourth-order valence-electron chi connectivity index (χ4n) is 2.17. The number of halogens is 2. The molecule has 0 spiro atoms. The van der Waals surface area contributed by atoms with Crippen LogP contribution in [-0.2, 0) is 4.79 Å². The first-order valence-electron chi connectivity index (χ1n) is 8.04. The van der Waals surface area contributed by atoms with E-state index < -0.39 is 12.0 Å². The van der Waals surface area contributed by atoms with Crippen molar-refractivity contribution in [3.05, 3.63) is 52.0 Å². The predicted octanol–water partition coefficient (Wildman–Crippen LogP) is 4.32. The van der Waals surface area contributed by atoms with Crippen molar-refractivity contribution in [1.29, 1.82) is 0 Å². The second kappa shape index (κ2) is 9.48. The fourth-order valence-corrected chi connectivity index (χ4v) is 2.62. The molecule has 0 aliphatic rings. The molecule has 0 radical (unpaired) electrons. The third-order valence-corrected chi connectivity index (χ3v) is 4.23. The van der Waals surface area contributed by atoms with Gasteiger partial charge in [0.05, 0.1) is 25.0 Å². The number of rotatable bonds is 7. The number of carbonyl (C=O) groups excluding carboxylic acids is 1. The molecule has 0 saturated heterocycles. The number of ether oxygens (including phenoxy) is 3. The zero-order valence-electron chi connectivity index (χ0n) is 15.4. The molecule has 0 heterocycles. The van der Waals surface area contributed by atoms with Crippen molar-refractivity contribution in [2.75, 3.05) is 14.2 Å². The molecular weight excluding hydrogens is 391 g/mol. The van der Waals surface area contributed by atoms with Crippen molar-refractivity contribution < 1.29 is 19.0 Å². The summed E-state index contributed by atoms with van der Waals surface area (Å²) in [5.41, 5.74) is 3.86. The Balaban J connectivity index is 2.04.